The van der Waals surface area contributed by atoms with E-state index in [-0.39, 0.29) is 43.2 Å². The highest BCUT2D eigenvalue weighted by Gasteiger charge is 2.20. The van der Waals surface area contributed by atoms with Gasteiger partial charge in [0.1, 0.15) is 11.4 Å². The fourth-order valence-corrected chi connectivity index (χ4v) is 4.69. The van der Waals surface area contributed by atoms with Crippen molar-refractivity contribution < 1.29 is 14.4 Å². The normalized spacial score (nSPS) is 14.0. The number of nitrogens with zero attached hydrogens (tertiary/aromatic N) is 2. The van der Waals surface area contributed by atoms with E-state index in [1.165, 1.54) is 16.9 Å². The Morgan fingerprint density at radius 3 is 2.71 bits per heavy atom. The van der Waals surface area contributed by atoms with Crippen LogP contribution in [0.3, 0.4) is 0 Å². The molecule has 4 rings (SSSR count). The molecule has 0 fully saturated rings. The topological polar surface area (TPSA) is 83.1 Å². The number of aryl methyl sites for hydroxylation is 1. The second-order valence-corrected chi connectivity index (χ2v) is 9.08. The van der Waals surface area contributed by atoms with Gasteiger partial charge in [-0.15, -0.1) is 11.3 Å². The van der Waals surface area contributed by atoms with Gasteiger partial charge in [0, 0.05) is 67.0 Å². The first-order valence-electron chi connectivity index (χ1n) is 10.5. The Labute approximate surface area is 185 Å². The minimum absolute atomic E-state index is 0.000968. The molecular weight excluding hydrogens is 410 g/mol. The molecule has 0 saturated carbocycles. The van der Waals surface area contributed by atoms with Crippen LogP contribution in [0.4, 0.5) is 0 Å². The standard InChI is InChI=1S/C24H25N3O3S/c1-16-4-8-22(31-16)21(29)7-5-18(28)6-9-23(30)27-13-10-17(11-14-27)20-15-26-24-19(20)3-2-12-25-24/h2-4,8,10,12,15H,5-7,9,11,13-14H2,1H3,(H,25,26). The third-order valence-corrected chi connectivity index (χ3v) is 6.66. The molecular formula is C24H25N3O3S. The summed E-state index contributed by atoms with van der Waals surface area (Å²) in [5, 5.41) is 1.09. The van der Waals surface area contributed by atoms with Gasteiger partial charge in [0.05, 0.1) is 4.88 Å². The maximum absolute atomic E-state index is 12.5. The van der Waals surface area contributed by atoms with Crippen molar-refractivity contribution in [1.82, 2.24) is 14.9 Å². The third-order valence-electron chi connectivity index (χ3n) is 5.62. The molecule has 4 heterocycles. The van der Waals surface area contributed by atoms with E-state index in [4.69, 9.17) is 0 Å². The molecule has 0 spiro atoms. The lowest BCUT2D eigenvalue weighted by atomic mass is 9.99. The van der Waals surface area contributed by atoms with Gasteiger partial charge in [0.15, 0.2) is 5.78 Å². The molecule has 1 aliphatic rings. The molecule has 0 atom stereocenters. The number of nitrogens with one attached hydrogen (secondary N) is 1. The summed E-state index contributed by atoms with van der Waals surface area (Å²) >= 11 is 1.45. The number of aromatic nitrogens is 2. The molecule has 6 nitrogen and oxygen atoms in total. The first-order valence-corrected chi connectivity index (χ1v) is 11.3. The Balaban J connectivity index is 1.24. The van der Waals surface area contributed by atoms with Crippen molar-refractivity contribution in [2.45, 2.75) is 39.0 Å². The van der Waals surface area contributed by atoms with E-state index in [0.29, 0.717) is 18.0 Å². The number of aromatic amines is 1. The van der Waals surface area contributed by atoms with E-state index in [1.54, 1.807) is 17.2 Å². The summed E-state index contributed by atoms with van der Waals surface area (Å²) in [6.07, 6.45) is 7.39. The quantitative estimate of drug-likeness (QED) is 0.526. The number of H-pyrrole nitrogens is 1. The minimum atomic E-state index is -0.0329. The third kappa shape index (κ3) is 4.99. The van der Waals surface area contributed by atoms with Crippen LogP contribution in [0.2, 0.25) is 0 Å². The van der Waals surface area contributed by atoms with Crippen LogP contribution in [0.5, 0.6) is 0 Å². The molecule has 0 unspecified atom stereocenters. The molecule has 0 aromatic carbocycles. The summed E-state index contributed by atoms with van der Waals surface area (Å²) in [6.45, 7) is 3.14. The zero-order valence-electron chi connectivity index (χ0n) is 17.5. The molecule has 1 aliphatic heterocycles. The van der Waals surface area contributed by atoms with E-state index in [9.17, 15) is 14.4 Å². The van der Waals surface area contributed by atoms with Crippen LogP contribution in [0.1, 0.15) is 52.2 Å². The average molecular weight is 436 g/mol. The van der Waals surface area contributed by atoms with Crippen molar-refractivity contribution in [3.63, 3.8) is 0 Å². The molecule has 3 aromatic rings. The number of carbonyl (C=O) groups is 3. The van der Waals surface area contributed by atoms with Gasteiger partial charge in [-0.3, -0.25) is 14.4 Å². The van der Waals surface area contributed by atoms with Crippen molar-refractivity contribution in [3.05, 3.63) is 58.1 Å². The first kappa shape index (κ1) is 21.2. The highest BCUT2D eigenvalue weighted by Crippen LogP contribution is 2.28. The van der Waals surface area contributed by atoms with Gasteiger partial charge in [-0.05, 0) is 43.2 Å². The molecule has 160 valence electrons. The molecule has 0 bridgehead atoms. The van der Waals surface area contributed by atoms with Crippen molar-refractivity contribution in [2.24, 2.45) is 0 Å². The highest BCUT2D eigenvalue weighted by molar-refractivity contribution is 7.14. The van der Waals surface area contributed by atoms with E-state index in [2.05, 4.69) is 16.0 Å². The number of hydrogen-bond donors (Lipinski definition) is 1. The van der Waals surface area contributed by atoms with Gasteiger partial charge in [-0.1, -0.05) is 6.08 Å². The number of ketones is 2. The number of fused-ring (bicyclic) bond motifs is 1. The molecule has 3 aromatic heterocycles. The summed E-state index contributed by atoms with van der Waals surface area (Å²) in [7, 11) is 0. The van der Waals surface area contributed by atoms with Crippen LogP contribution >= 0.6 is 11.3 Å². The highest BCUT2D eigenvalue weighted by atomic mass is 32.1. The molecule has 0 saturated heterocycles. The summed E-state index contributed by atoms with van der Waals surface area (Å²) in [4.78, 5) is 47.9. The zero-order chi connectivity index (χ0) is 21.8. The smallest absolute Gasteiger partial charge is 0.223 e. The second kappa shape index (κ2) is 9.39. The van der Waals surface area contributed by atoms with Crippen LogP contribution in [-0.2, 0) is 9.59 Å². The summed E-state index contributed by atoms with van der Waals surface area (Å²) in [5.74, 6) is -0.0436. The van der Waals surface area contributed by atoms with Crippen molar-refractivity contribution >= 4 is 45.4 Å². The van der Waals surface area contributed by atoms with E-state index in [0.717, 1.165) is 27.9 Å². The van der Waals surface area contributed by atoms with Gasteiger partial charge in [0.2, 0.25) is 5.91 Å². The molecule has 31 heavy (non-hydrogen) atoms. The van der Waals surface area contributed by atoms with Gasteiger partial charge >= 0.3 is 0 Å². The predicted octanol–water partition coefficient (Wildman–Crippen LogP) is 4.56. The molecule has 1 N–H and O–H groups in total. The number of Topliss-reactive ketones (excluding diaryl/α,β-unsaturated/α-hetero) is 2. The van der Waals surface area contributed by atoms with Crippen LogP contribution in [0.25, 0.3) is 16.6 Å². The number of amides is 1. The number of pyridine rings is 1. The Kier molecular flexibility index (Phi) is 6.42. The summed E-state index contributed by atoms with van der Waals surface area (Å²) in [6, 6.07) is 7.68. The van der Waals surface area contributed by atoms with Crippen LogP contribution in [0, 0.1) is 6.92 Å². The van der Waals surface area contributed by atoms with Gasteiger partial charge < -0.3 is 9.88 Å². The van der Waals surface area contributed by atoms with E-state index in [1.807, 2.05) is 31.3 Å². The number of rotatable bonds is 8. The largest absolute Gasteiger partial charge is 0.346 e. The lowest BCUT2D eigenvalue weighted by Gasteiger charge is -2.26. The lowest BCUT2D eigenvalue weighted by Crippen LogP contribution is -2.34. The maximum Gasteiger partial charge on any atom is 0.223 e. The second-order valence-electron chi connectivity index (χ2n) is 7.79. The Morgan fingerprint density at radius 2 is 1.97 bits per heavy atom. The van der Waals surface area contributed by atoms with Gasteiger partial charge in [0.25, 0.3) is 0 Å². The van der Waals surface area contributed by atoms with E-state index >= 15 is 0 Å². The molecule has 0 aliphatic carbocycles. The van der Waals surface area contributed by atoms with Crippen molar-refractivity contribution in [1.29, 1.82) is 0 Å². The minimum Gasteiger partial charge on any atom is -0.346 e. The molecule has 7 heteroatoms. The zero-order valence-corrected chi connectivity index (χ0v) is 18.3. The average Bonchev–Trinajstić information content (AvgIpc) is 3.42. The van der Waals surface area contributed by atoms with Gasteiger partial charge in [-0.2, -0.15) is 0 Å². The molecule has 1 amide bonds. The molecule has 0 radical (unpaired) electrons. The fourth-order valence-electron chi connectivity index (χ4n) is 3.85. The number of thiophene rings is 1. The Hall–Kier alpha value is -3.06. The first-order chi connectivity index (χ1) is 15.0. The Morgan fingerprint density at radius 1 is 1.13 bits per heavy atom. The number of hydrogen-bond acceptors (Lipinski definition) is 5. The monoisotopic (exact) mass is 435 g/mol. The summed E-state index contributed by atoms with van der Waals surface area (Å²) in [5.41, 5.74) is 3.21. The predicted molar refractivity (Wildman–Crippen MR) is 122 cm³/mol. The lowest BCUT2D eigenvalue weighted by molar-refractivity contribution is -0.132. The number of carbonyl (C=O) groups excluding carboxylic acids is 3. The van der Waals surface area contributed by atoms with Crippen LogP contribution < -0.4 is 0 Å². The summed E-state index contributed by atoms with van der Waals surface area (Å²) < 4.78 is 0. The van der Waals surface area contributed by atoms with E-state index < -0.39 is 0 Å². The van der Waals surface area contributed by atoms with Crippen LogP contribution in [0.15, 0.2) is 42.7 Å². The van der Waals surface area contributed by atoms with Crippen LogP contribution in [-0.4, -0.2) is 45.4 Å². The Bertz CT molecular complexity index is 1160. The van der Waals surface area contributed by atoms with Crippen molar-refractivity contribution in [2.75, 3.05) is 13.1 Å². The SMILES string of the molecule is Cc1ccc(C(=O)CCC(=O)CCC(=O)N2CC=C(c3c[nH]c4ncccc34)CC2)s1. The van der Waals surface area contributed by atoms with Crippen molar-refractivity contribution in [3.8, 4) is 0 Å². The van der Waals surface area contributed by atoms with Gasteiger partial charge in [-0.25, -0.2) is 4.98 Å². The maximum atomic E-state index is 12.5. The fraction of sp³-hybridized carbons (Fsp3) is 0.333.